The van der Waals surface area contributed by atoms with Crippen molar-refractivity contribution in [2.45, 2.75) is 57.1 Å². The average Bonchev–Trinajstić information content (AvgIpc) is 2.48. The lowest BCUT2D eigenvalue weighted by atomic mass is 9.89. The van der Waals surface area contributed by atoms with Crippen LogP contribution in [0.15, 0.2) is 0 Å². The number of carbonyl (C=O) groups excluding carboxylic acids is 1. The number of hydrogen-bond acceptors (Lipinski definition) is 4. The quantitative estimate of drug-likeness (QED) is 0.837. The van der Waals surface area contributed by atoms with E-state index in [1.165, 1.54) is 6.42 Å². The Hall–Kier alpha value is -0.360. The molecule has 2 aliphatic heterocycles. The lowest BCUT2D eigenvalue weighted by Crippen LogP contribution is -2.59. The predicted molar refractivity (Wildman–Crippen MR) is 84.7 cm³/mol. The van der Waals surface area contributed by atoms with E-state index in [1.807, 2.05) is 4.90 Å². The van der Waals surface area contributed by atoms with Gasteiger partial charge in [0.1, 0.15) is 0 Å². The zero-order chi connectivity index (χ0) is 14.4. The van der Waals surface area contributed by atoms with E-state index in [2.05, 4.69) is 6.92 Å². The largest absolute Gasteiger partial charge is 0.381 e. The molecule has 2 aliphatic rings. The van der Waals surface area contributed by atoms with Crippen molar-refractivity contribution in [1.82, 2.24) is 4.90 Å². The molecule has 2 heterocycles. The molecule has 1 atom stereocenters. The zero-order valence-corrected chi connectivity index (χ0v) is 13.8. The molecule has 1 amide bonds. The number of carbonyl (C=O) groups is 1. The topological polar surface area (TPSA) is 64.8 Å². The van der Waals surface area contributed by atoms with Gasteiger partial charge in [0.15, 0.2) is 0 Å². The normalized spacial score (nSPS) is 25.0. The van der Waals surface area contributed by atoms with Gasteiger partial charge in [-0.3, -0.25) is 4.79 Å². The Labute approximate surface area is 133 Å². The minimum absolute atomic E-state index is 0. The Kier molecular flexibility index (Phi) is 7.95. The summed E-state index contributed by atoms with van der Waals surface area (Å²) in [6, 6.07) is 0. The van der Waals surface area contributed by atoms with Crippen molar-refractivity contribution >= 4 is 18.3 Å². The summed E-state index contributed by atoms with van der Waals surface area (Å²) in [6.45, 7) is 5.53. The van der Waals surface area contributed by atoms with Crippen LogP contribution in [0, 0.1) is 0 Å². The molecule has 0 bridgehead atoms. The molecule has 21 heavy (non-hydrogen) atoms. The van der Waals surface area contributed by atoms with Crippen LogP contribution in [-0.2, 0) is 14.3 Å². The minimum Gasteiger partial charge on any atom is -0.381 e. The van der Waals surface area contributed by atoms with E-state index >= 15 is 0 Å². The summed E-state index contributed by atoms with van der Waals surface area (Å²) < 4.78 is 11.1. The van der Waals surface area contributed by atoms with Gasteiger partial charge >= 0.3 is 0 Å². The third kappa shape index (κ3) is 5.09. The fourth-order valence-corrected chi connectivity index (χ4v) is 3.01. The molecule has 1 unspecified atom stereocenters. The van der Waals surface area contributed by atoms with Crippen LogP contribution in [0.4, 0.5) is 0 Å². The van der Waals surface area contributed by atoms with E-state index in [9.17, 15) is 4.79 Å². The summed E-state index contributed by atoms with van der Waals surface area (Å²) >= 11 is 0. The Morgan fingerprint density at radius 3 is 2.57 bits per heavy atom. The number of rotatable bonds is 5. The second-order valence-electron chi connectivity index (χ2n) is 6.01. The molecular formula is C15H29ClN2O3. The summed E-state index contributed by atoms with van der Waals surface area (Å²) in [5, 5.41) is 0. The molecule has 0 aliphatic carbocycles. The molecule has 2 rings (SSSR count). The van der Waals surface area contributed by atoms with Gasteiger partial charge in [0.2, 0.25) is 5.91 Å². The van der Waals surface area contributed by atoms with Crippen LogP contribution in [0.3, 0.4) is 0 Å². The summed E-state index contributed by atoms with van der Waals surface area (Å²) in [5.74, 6) is 0.0804. The van der Waals surface area contributed by atoms with Gasteiger partial charge in [-0.1, -0.05) is 6.92 Å². The molecule has 0 saturated carbocycles. The van der Waals surface area contributed by atoms with E-state index in [-0.39, 0.29) is 24.4 Å². The average molecular weight is 321 g/mol. The smallest absolute Gasteiger partial charge is 0.242 e. The lowest BCUT2D eigenvalue weighted by molar-refractivity contribution is -0.143. The minimum atomic E-state index is -0.734. The highest BCUT2D eigenvalue weighted by Crippen LogP contribution is 2.22. The van der Waals surface area contributed by atoms with Crippen LogP contribution >= 0.6 is 12.4 Å². The highest BCUT2D eigenvalue weighted by atomic mass is 35.5. The van der Waals surface area contributed by atoms with Gasteiger partial charge in [0, 0.05) is 32.9 Å². The second-order valence-corrected chi connectivity index (χ2v) is 6.01. The second kappa shape index (κ2) is 8.93. The summed E-state index contributed by atoms with van der Waals surface area (Å²) in [7, 11) is 0. The Balaban J connectivity index is 0.00000220. The van der Waals surface area contributed by atoms with E-state index < -0.39 is 5.54 Å². The molecule has 0 aromatic heterocycles. The maximum Gasteiger partial charge on any atom is 0.242 e. The molecule has 0 radical (unpaired) electrons. The Morgan fingerprint density at radius 2 is 2.00 bits per heavy atom. The number of ether oxygens (including phenoxy) is 2. The molecule has 0 aromatic rings. The zero-order valence-electron chi connectivity index (χ0n) is 13.0. The number of nitrogens with two attached hydrogens (primary N) is 1. The van der Waals surface area contributed by atoms with Crippen molar-refractivity contribution in [2.24, 2.45) is 5.73 Å². The van der Waals surface area contributed by atoms with Crippen LogP contribution in [-0.4, -0.2) is 55.4 Å². The summed E-state index contributed by atoms with van der Waals surface area (Å²) in [4.78, 5) is 14.7. The van der Waals surface area contributed by atoms with Crippen molar-refractivity contribution in [2.75, 3.05) is 32.9 Å². The van der Waals surface area contributed by atoms with Crippen LogP contribution in [0.2, 0.25) is 0 Å². The highest BCUT2D eigenvalue weighted by molar-refractivity contribution is 5.86. The van der Waals surface area contributed by atoms with Gasteiger partial charge in [-0.15, -0.1) is 12.4 Å². The molecule has 2 saturated heterocycles. The first-order chi connectivity index (χ1) is 9.65. The summed E-state index contributed by atoms with van der Waals surface area (Å²) in [5.41, 5.74) is 5.59. The first-order valence-corrected chi connectivity index (χ1v) is 7.93. The number of amides is 1. The van der Waals surface area contributed by atoms with E-state index in [4.69, 9.17) is 15.2 Å². The van der Waals surface area contributed by atoms with Gasteiger partial charge < -0.3 is 20.1 Å². The van der Waals surface area contributed by atoms with Crippen molar-refractivity contribution in [3.8, 4) is 0 Å². The van der Waals surface area contributed by atoms with Crippen LogP contribution in [0.1, 0.15) is 45.4 Å². The first-order valence-electron chi connectivity index (χ1n) is 7.93. The van der Waals surface area contributed by atoms with E-state index in [0.29, 0.717) is 32.6 Å². The molecule has 124 valence electrons. The lowest BCUT2D eigenvalue weighted by Gasteiger charge is -2.38. The molecule has 6 heteroatoms. The van der Waals surface area contributed by atoms with Crippen LogP contribution in [0.25, 0.3) is 0 Å². The third-order valence-corrected chi connectivity index (χ3v) is 4.29. The fourth-order valence-electron chi connectivity index (χ4n) is 3.01. The van der Waals surface area contributed by atoms with Gasteiger partial charge in [-0.25, -0.2) is 0 Å². The molecule has 0 spiro atoms. The third-order valence-electron chi connectivity index (χ3n) is 4.29. The maximum atomic E-state index is 12.8. The number of nitrogens with zero attached hydrogens (tertiary/aromatic N) is 1. The molecular weight excluding hydrogens is 292 g/mol. The van der Waals surface area contributed by atoms with Gasteiger partial charge in [-0.05, 0) is 38.5 Å². The first kappa shape index (κ1) is 18.7. The fraction of sp³-hybridized carbons (Fsp3) is 0.933. The SMILES string of the molecule is CCCN(CC1CCCCO1)C(=O)C1(N)CCOCC1.Cl. The highest BCUT2D eigenvalue weighted by Gasteiger charge is 2.39. The molecule has 5 nitrogen and oxygen atoms in total. The van der Waals surface area contributed by atoms with Crippen molar-refractivity contribution in [1.29, 1.82) is 0 Å². The maximum absolute atomic E-state index is 12.8. The molecule has 2 N–H and O–H groups in total. The van der Waals surface area contributed by atoms with Crippen molar-refractivity contribution < 1.29 is 14.3 Å². The monoisotopic (exact) mass is 320 g/mol. The van der Waals surface area contributed by atoms with Crippen molar-refractivity contribution in [3.63, 3.8) is 0 Å². The van der Waals surface area contributed by atoms with E-state index in [0.717, 1.165) is 32.4 Å². The molecule has 0 aromatic carbocycles. The van der Waals surface area contributed by atoms with Crippen LogP contribution < -0.4 is 5.73 Å². The number of hydrogen-bond donors (Lipinski definition) is 1. The van der Waals surface area contributed by atoms with Gasteiger partial charge in [0.25, 0.3) is 0 Å². The summed E-state index contributed by atoms with van der Waals surface area (Å²) in [6.07, 6.45) is 5.76. The predicted octanol–water partition coefficient (Wildman–Crippen LogP) is 1.72. The standard InChI is InChI=1S/C15H28N2O3.ClH/c1-2-8-17(12-13-5-3-4-9-20-13)14(18)15(16)6-10-19-11-7-15;/h13H,2-12,16H2,1H3;1H. The number of halogens is 1. The van der Waals surface area contributed by atoms with Gasteiger partial charge in [-0.2, -0.15) is 0 Å². The van der Waals surface area contributed by atoms with E-state index in [1.54, 1.807) is 0 Å². The Bertz CT molecular complexity index is 316. The van der Waals surface area contributed by atoms with Crippen LogP contribution in [0.5, 0.6) is 0 Å². The Morgan fingerprint density at radius 1 is 1.29 bits per heavy atom. The molecule has 2 fully saturated rings. The van der Waals surface area contributed by atoms with Gasteiger partial charge in [0.05, 0.1) is 11.6 Å². The van der Waals surface area contributed by atoms with Crippen molar-refractivity contribution in [3.05, 3.63) is 0 Å².